The second-order valence-corrected chi connectivity index (χ2v) is 8.85. The average molecular weight is 621 g/mol. The maximum absolute atomic E-state index is 13.9. The molecule has 0 aliphatic carbocycles. The van der Waals surface area contributed by atoms with Crippen LogP contribution < -0.4 is 14.8 Å². The van der Waals surface area contributed by atoms with Gasteiger partial charge >= 0.3 is 0 Å². The summed E-state index contributed by atoms with van der Waals surface area (Å²) >= 11 is 5.43. The predicted molar refractivity (Wildman–Crippen MR) is 137 cm³/mol. The van der Waals surface area contributed by atoms with Crippen molar-refractivity contribution >= 4 is 56.2 Å². The van der Waals surface area contributed by atoms with Crippen molar-refractivity contribution in [2.24, 2.45) is 0 Å². The Morgan fingerprint density at radius 3 is 2.58 bits per heavy atom. The minimum Gasteiger partial charge on any atom is -0.490 e. The van der Waals surface area contributed by atoms with E-state index in [2.05, 4.69) is 43.8 Å². The summed E-state index contributed by atoms with van der Waals surface area (Å²) in [6.07, 6.45) is 1.49. The van der Waals surface area contributed by atoms with Crippen molar-refractivity contribution in [3.8, 4) is 17.6 Å². The number of nitriles is 1. The molecule has 1 N–H and O–H groups in total. The molecule has 1 amide bonds. The van der Waals surface area contributed by atoms with Crippen LogP contribution in [0.15, 0.2) is 70.7 Å². The summed E-state index contributed by atoms with van der Waals surface area (Å²) in [7, 11) is 0. The molecule has 8 heteroatoms. The van der Waals surface area contributed by atoms with Crippen LogP contribution in [0.2, 0.25) is 0 Å². The quantitative estimate of drug-likeness (QED) is 0.172. The summed E-state index contributed by atoms with van der Waals surface area (Å²) in [5.74, 6) is 0.0430. The van der Waals surface area contributed by atoms with Gasteiger partial charge in [0.1, 0.15) is 24.1 Å². The normalized spacial score (nSPS) is 10.9. The Labute approximate surface area is 213 Å². The van der Waals surface area contributed by atoms with E-state index >= 15 is 0 Å². The van der Waals surface area contributed by atoms with Gasteiger partial charge in [0.2, 0.25) is 0 Å². The fraction of sp³-hybridized carbons (Fsp3) is 0.120. The van der Waals surface area contributed by atoms with Crippen LogP contribution in [0.4, 0.5) is 10.1 Å². The number of carbonyl (C=O) groups is 1. The Bertz CT molecular complexity index is 1220. The summed E-state index contributed by atoms with van der Waals surface area (Å²) in [4.78, 5) is 12.6. The Morgan fingerprint density at radius 2 is 1.91 bits per heavy atom. The molecule has 3 aromatic rings. The van der Waals surface area contributed by atoms with Gasteiger partial charge in [-0.2, -0.15) is 5.26 Å². The minimum absolute atomic E-state index is 0.0387. The van der Waals surface area contributed by atoms with Crippen molar-refractivity contribution < 1.29 is 18.7 Å². The molecule has 0 aliphatic heterocycles. The molecule has 0 radical (unpaired) electrons. The third kappa shape index (κ3) is 6.79. The Kier molecular flexibility index (Phi) is 8.86. The number of ether oxygens (including phenoxy) is 2. The van der Waals surface area contributed by atoms with E-state index in [0.29, 0.717) is 38.5 Å². The topological polar surface area (TPSA) is 71.3 Å². The van der Waals surface area contributed by atoms with Gasteiger partial charge in [0.15, 0.2) is 11.5 Å². The monoisotopic (exact) mass is 620 g/mol. The third-order valence-corrected chi connectivity index (χ3v) is 5.77. The number of hydrogen-bond donors (Lipinski definition) is 1. The lowest BCUT2D eigenvalue weighted by molar-refractivity contribution is -0.112. The molecule has 0 saturated heterocycles. The lowest BCUT2D eigenvalue weighted by Crippen LogP contribution is -2.13. The second kappa shape index (κ2) is 11.8. The number of carbonyl (C=O) groups excluding carboxylic acids is 1. The maximum atomic E-state index is 13.9. The summed E-state index contributed by atoms with van der Waals surface area (Å²) in [5.41, 5.74) is 1.54. The molecule has 0 atom stereocenters. The number of nitrogens with zero attached hydrogens (tertiary/aromatic N) is 1. The zero-order chi connectivity index (χ0) is 23.8. The second-order valence-electron chi connectivity index (χ2n) is 6.77. The number of halogens is 3. The largest absolute Gasteiger partial charge is 0.490 e. The molecule has 0 fully saturated rings. The summed E-state index contributed by atoms with van der Waals surface area (Å²) in [5, 5.41) is 12.2. The van der Waals surface area contributed by atoms with Gasteiger partial charge in [-0.05, 0) is 83.6 Å². The standard InChI is InChI=1S/C25H19BrFIN2O3/c1-2-32-23-13-16(11-18(14-29)25(31)30-20-9-7-19(26)8-10-20)12-22(28)24(23)33-15-17-5-3-4-6-21(17)27/h3-13H,2,15H2,1H3,(H,30,31)/b18-11+. The van der Waals surface area contributed by atoms with Crippen LogP contribution in [0.5, 0.6) is 11.5 Å². The van der Waals surface area contributed by atoms with Crippen molar-refractivity contribution in [1.29, 1.82) is 5.26 Å². The van der Waals surface area contributed by atoms with Crippen LogP contribution in [0.25, 0.3) is 6.08 Å². The Balaban J connectivity index is 1.85. The van der Waals surface area contributed by atoms with Crippen molar-refractivity contribution in [1.82, 2.24) is 0 Å². The summed E-state index contributed by atoms with van der Waals surface area (Å²) in [6, 6.07) is 18.8. The molecule has 0 bridgehead atoms. The van der Waals surface area contributed by atoms with Crippen LogP contribution >= 0.6 is 38.5 Å². The van der Waals surface area contributed by atoms with Gasteiger partial charge in [-0.1, -0.05) is 34.1 Å². The molecule has 5 nitrogen and oxygen atoms in total. The fourth-order valence-electron chi connectivity index (χ4n) is 2.89. The van der Waals surface area contributed by atoms with Crippen LogP contribution in [0.3, 0.4) is 0 Å². The SMILES string of the molecule is CCOc1cc(/C=C(\C#N)C(=O)Nc2ccc(Br)cc2)cc(I)c1OCc1ccccc1F. The van der Waals surface area contributed by atoms with Gasteiger partial charge in [0, 0.05) is 15.7 Å². The third-order valence-electron chi connectivity index (χ3n) is 4.44. The van der Waals surface area contributed by atoms with Crippen molar-refractivity contribution in [3.05, 3.63) is 91.2 Å². The highest BCUT2D eigenvalue weighted by molar-refractivity contribution is 14.1. The number of nitrogens with one attached hydrogen (secondary N) is 1. The first kappa shape index (κ1) is 24.7. The molecule has 0 spiro atoms. The first-order valence-corrected chi connectivity index (χ1v) is 11.8. The van der Waals surface area contributed by atoms with Crippen molar-refractivity contribution in [3.63, 3.8) is 0 Å². The van der Waals surface area contributed by atoms with Gasteiger partial charge in [-0.15, -0.1) is 0 Å². The van der Waals surface area contributed by atoms with Crippen LogP contribution in [-0.2, 0) is 11.4 Å². The zero-order valence-corrected chi connectivity index (χ0v) is 21.3. The molecule has 0 unspecified atom stereocenters. The number of amides is 1. The highest BCUT2D eigenvalue weighted by Gasteiger charge is 2.15. The molecular weight excluding hydrogens is 602 g/mol. The van der Waals surface area contributed by atoms with E-state index in [0.717, 1.165) is 4.47 Å². The van der Waals surface area contributed by atoms with E-state index < -0.39 is 5.91 Å². The molecule has 33 heavy (non-hydrogen) atoms. The van der Waals surface area contributed by atoms with Crippen molar-refractivity contribution in [2.75, 3.05) is 11.9 Å². The van der Waals surface area contributed by atoms with Gasteiger partial charge in [-0.25, -0.2) is 4.39 Å². The smallest absolute Gasteiger partial charge is 0.266 e. The lowest BCUT2D eigenvalue weighted by atomic mass is 10.1. The molecular formula is C25H19BrFIN2O3. The highest BCUT2D eigenvalue weighted by Crippen LogP contribution is 2.35. The molecule has 168 valence electrons. The molecule has 0 aliphatic rings. The average Bonchev–Trinajstić information content (AvgIpc) is 2.79. The van der Waals surface area contributed by atoms with Gasteiger partial charge in [0.05, 0.1) is 10.2 Å². The number of benzene rings is 3. The van der Waals surface area contributed by atoms with Gasteiger partial charge in [0.25, 0.3) is 5.91 Å². The molecule has 0 saturated carbocycles. The van der Waals surface area contributed by atoms with Crippen LogP contribution in [-0.4, -0.2) is 12.5 Å². The summed E-state index contributed by atoms with van der Waals surface area (Å²) < 4.78 is 27.1. The van der Waals surface area contributed by atoms with Gasteiger partial charge < -0.3 is 14.8 Å². The van der Waals surface area contributed by atoms with E-state index in [-0.39, 0.29) is 18.0 Å². The fourth-order valence-corrected chi connectivity index (χ4v) is 3.93. The molecule has 0 aromatic heterocycles. The van der Waals surface area contributed by atoms with Crippen LogP contribution in [0, 0.1) is 20.7 Å². The predicted octanol–water partition coefficient (Wildman–Crippen LogP) is 6.72. The van der Waals surface area contributed by atoms with Gasteiger partial charge in [-0.3, -0.25) is 4.79 Å². The number of anilines is 1. The Morgan fingerprint density at radius 1 is 1.18 bits per heavy atom. The molecule has 3 aromatic carbocycles. The van der Waals surface area contributed by atoms with Crippen molar-refractivity contribution in [2.45, 2.75) is 13.5 Å². The maximum Gasteiger partial charge on any atom is 0.266 e. The zero-order valence-electron chi connectivity index (χ0n) is 17.6. The molecule has 3 rings (SSSR count). The van der Waals surface area contributed by atoms with Crippen LogP contribution in [0.1, 0.15) is 18.1 Å². The lowest BCUT2D eigenvalue weighted by Gasteiger charge is -2.15. The first-order chi connectivity index (χ1) is 15.9. The minimum atomic E-state index is -0.521. The van der Waals surface area contributed by atoms with E-state index in [4.69, 9.17) is 9.47 Å². The summed E-state index contributed by atoms with van der Waals surface area (Å²) in [6.45, 7) is 2.26. The first-order valence-electron chi connectivity index (χ1n) is 9.92. The van der Waals surface area contributed by atoms with E-state index in [1.807, 2.05) is 13.0 Å². The highest BCUT2D eigenvalue weighted by atomic mass is 127. The number of hydrogen-bond acceptors (Lipinski definition) is 4. The van der Waals surface area contributed by atoms with E-state index in [1.54, 1.807) is 54.6 Å². The van der Waals surface area contributed by atoms with E-state index in [9.17, 15) is 14.4 Å². The van der Waals surface area contributed by atoms with E-state index in [1.165, 1.54) is 12.1 Å². The number of rotatable bonds is 8. The Hall–Kier alpha value is -2.90. The molecule has 0 heterocycles.